The van der Waals surface area contributed by atoms with E-state index in [1.807, 2.05) is 29.6 Å². The Kier molecular flexibility index (Phi) is 3.06. The number of halogens is 2. The summed E-state index contributed by atoms with van der Waals surface area (Å²) in [7, 11) is 0. The van der Waals surface area contributed by atoms with Gasteiger partial charge in [-0.1, -0.05) is 47.5 Å². The van der Waals surface area contributed by atoms with Crippen LogP contribution in [-0.2, 0) is 0 Å². The maximum atomic E-state index is 5.71. The van der Waals surface area contributed by atoms with Crippen LogP contribution in [0.3, 0.4) is 0 Å². The van der Waals surface area contributed by atoms with Gasteiger partial charge in [-0.05, 0) is 6.07 Å². The van der Waals surface area contributed by atoms with Crippen molar-refractivity contribution in [2.75, 3.05) is 0 Å². The first kappa shape index (κ1) is 9.97. The molecule has 0 unspecified atom stereocenters. The first-order chi connectivity index (χ1) is 6.77. The van der Waals surface area contributed by atoms with E-state index in [0.29, 0.717) is 0 Å². The van der Waals surface area contributed by atoms with Crippen LogP contribution in [-0.4, -0.2) is 4.98 Å². The highest BCUT2D eigenvalue weighted by Crippen LogP contribution is 2.30. The molecule has 0 amide bonds. The molecule has 1 heterocycles. The predicted octanol–water partition coefficient (Wildman–Crippen LogP) is 4.09. The fourth-order valence-corrected chi connectivity index (χ4v) is 2.16. The molecule has 0 N–H and O–H groups in total. The van der Waals surface area contributed by atoms with Crippen LogP contribution in [0.5, 0.6) is 0 Å². The van der Waals surface area contributed by atoms with Crippen LogP contribution in [0.4, 0.5) is 0 Å². The van der Waals surface area contributed by atoms with E-state index in [1.165, 1.54) is 11.3 Å². The van der Waals surface area contributed by atoms with Gasteiger partial charge in [0.1, 0.15) is 5.01 Å². The van der Waals surface area contributed by atoms with Gasteiger partial charge in [0.25, 0.3) is 0 Å². The highest BCUT2D eigenvalue weighted by molar-refractivity contribution is 7.10. The number of benzene rings is 1. The van der Waals surface area contributed by atoms with Gasteiger partial charge in [0.05, 0.1) is 5.69 Å². The largest absolute Gasteiger partial charge is 0.238 e. The molecule has 0 atom stereocenters. The topological polar surface area (TPSA) is 12.9 Å². The molecule has 2 rings (SSSR count). The molecule has 0 aliphatic carbocycles. The summed E-state index contributed by atoms with van der Waals surface area (Å²) in [5.41, 5.74) is 1.96. The van der Waals surface area contributed by atoms with Crippen LogP contribution in [0.1, 0.15) is 9.84 Å². The Labute approximate surface area is 96.3 Å². The van der Waals surface area contributed by atoms with Crippen molar-refractivity contribution in [3.63, 3.8) is 0 Å². The van der Waals surface area contributed by atoms with Crippen molar-refractivity contribution in [2.24, 2.45) is 0 Å². The van der Waals surface area contributed by atoms with Crippen LogP contribution in [0.2, 0.25) is 0 Å². The van der Waals surface area contributed by atoms with Crippen molar-refractivity contribution < 1.29 is 0 Å². The molecule has 1 radical (unpaired) electrons. The molecule has 0 bridgehead atoms. The van der Waals surface area contributed by atoms with Crippen molar-refractivity contribution in [3.8, 4) is 11.3 Å². The number of thiazole rings is 1. The van der Waals surface area contributed by atoms with Gasteiger partial charge < -0.3 is 0 Å². The zero-order chi connectivity index (χ0) is 9.97. The lowest BCUT2D eigenvalue weighted by molar-refractivity contribution is 1.23. The van der Waals surface area contributed by atoms with Crippen molar-refractivity contribution in [2.45, 2.75) is 4.84 Å². The van der Waals surface area contributed by atoms with E-state index >= 15 is 0 Å². The number of hydrogen-bond donors (Lipinski definition) is 0. The quantitative estimate of drug-likeness (QED) is 0.724. The second kappa shape index (κ2) is 4.30. The lowest BCUT2D eigenvalue weighted by Crippen LogP contribution is -1.80. The van der Waals surface area contributed by atoms with Crippen molar-refractivity contribution in [1.29, 1.82) is 0 Å². The average molecular weight is 243 g/mol. The maximum absolute atomic E-state index is 5.71. The summed E-state index contributed by atoms with van der Waals surface area (Å²) in [5, 5.41) is 2.68. The number of rotatable bonds is 2. The van der Waals surface area contributed by atoms with Gasteiger partial charge >= 0.3 is 0 Å². The lowest BCUT2D eigenvalue weighted by atomic mass is 10.2. The highest BCUT2D eigenvalue weighted by Gasteiger charge is 2.09. The van der Waals surface area contributed by atoms with Crippen LogP contribution in [0.15, 0.2) is 29.6 Å². The van der Waals surface area contributed by atoms with Gasteiger partial charge in [0.15, 0.2) is 4.84 Å². The monoisotopic (exact) mass is 242 g/mol. The summed E-state index contributed by atoms with van der Waals surface area (Å²) in [5.74, 6) is 0. The van der Waals surface area contributed by atoms with Gasteiger partial charge in [-0.15, -0.1) is 11.3 Å². The highest BCUT2D eigenvalue weighted by atomic mass is 35.5. The van der Waals surface area contributed by atoms with Gasteiger partial charge in [-0.2, -0.15) is 0 Å². The first-order valence-corrected chi connectivity index (χ1v) is 5.72. The van der Waals surface area contributed by atoms with Gasteiger partial charge in [-0.3, -0.25) is 0 Å². The van der Waals surface area contributed by atoms with E-state index in [2.05, 4.69) is 11.1 Å². The van der Waals surface area contributed by atoms with Gasteiger partial charge in [0.2, 0.25) is 0 Å². The van der Waals surface area contributed by atoms with E-state index in [0.717, 1.165) is 16.3 Å². The molecule has 71 valence electrons. The maximum Gasteiger partial charge on any atom is 0.159 e. The Bertz CT molecular complexity index is 411. The van der Waals surface area contributed by atoms with Crippen molar-refractivity contribution in [3.05, 3.63) is 40.7 Å². The Hall–Kier alpha value is -0.570. The molecule has 0 fully saturated rings. The molecule has 0 spiro atoms. The predicted molar refractivity (Wildman–Crippen MR) is 60.8 cm³/mol. The normalized spacial score (nSPS) is 10.8. The SMILES string of the molecule is ClC(Cl)c1nc(-c2cc[c]cc2)cs1. The Morgan fingerprint density at radius 1 is 1.29 bits per heavy atom. The summed E-state index contributed by atoms with van der Waals surface area (Å²) < 4.78 is 0. The number of hydrogen-bond acceptors (Lipinski definition) is 2. The number of nitrogens with zero attached hydrogens (tertiary/aromatic N) is 1. The molecule has 0 aliphatic rings. The number of alkyl halides is 2. The first-order valence-electron chi connectivity index (χ1n) is 3.97. The van der Waals surface area contributed by atoms with Crippen LogP contribution < -0.4 is 0 Å². The molecular weight excluding hydrogens is 237 g/mol. The minimum Gasteiger partial charge on any atom is -0.238 e. The van der Waals surface area contributed by atoms with E-state index in [1.54, 1.807) is 0 Å². The lowest BCUT2D eigenvalue weighted by Gasteiger charge is -1.94. The van der Waals surface area contributed by atoms with Gasteiger partial charge in [0, 0.05) is 10.9 Å². The molecule has 1 nitrogen and oxygen atoms in total. The third-order valence-electron chi connectivity index (χ3n) is 1.72. The molecule has 0 aliphatic heterocycles. The minimum atomic E-state index is -0.538. The zero-order valence-corrected chi connectivity index (χ0v) is 9.40. The van der Waals surface area contributed by atoms with Crippen LogP contribution in [0, 0.1) is 6.07 Å². The van der Waals surface area contributed by atoms with E-state index in [4.69, 9.17) is 23.2 Å². The summed E-state index contributed by atoms with van der Waals surface area (Å²) in [6.45, 7) is 0. The van der Waals surface area contributed by atoms with Crippen molar-refractivity contribution in [1.82, 2.24) is 4.98 Å². The number of aromatic nitrogens is 1. The second-order valence-electron chi connectivity index (χ2n) is 2.66. The molecule has 0 saturated heterocycles. The van der Waals surface area contributed by atoms with Crippen LogP contribution >= 0.6 is 34.5 Å². The summed E-state index contributed by atoms with van der Waals surface area (Å²) in [6.07, 6.45) is 0. The third-order valence-corrected chi connectivity index (χ3v) is 3.30. The standard InChI is InChI=1S/C10H6Cl2NS/c11-9(12)10-13-8(6-14-10)7-4-2-1-3-5-7/h2-6,9H. The Balaban J connectivity index is 2.34. The smallest absolute Gasteiger partial charge is 0.159 e. The van der Waals surface area contributed by atoms with E-state index in [9.17, 15) is 0 Å². The molecule has 14 heavy (non-hydrogen) atoms. The molecule has 1 aromatic heterocycles. The molecule has 2 aromatic rings. The van der Waals surface area contributed by atoms with Crippen molar-refractivity contribution >= 4 is 34.5 Å². The fourth-order valence-electron chi connectivity index (χ4n) is 1.08. The van der Waals surface area contributed by atoms with Crippen LogP contribution in [0.25, 0.3) is 11.3 Å². The molecular formula is C10H6Cl2NS. The summed E-state index contributed by atoms with van der Waals surface area (Å²) >= 11 is 12.9. The minimum absolute atomic E-state index is 0.538. The Morgan fingerprint density at radius 2 is 2.00 bits per heavy atom. The van der Waals surface area contributed by atoms with Gasteiger partial charge in [-0.25, -0.2) is 4.98 Å². The summed E-state index contributed by atoms with van der Waals surface area (Å²) in [6, 6.07) is 10.6. The zero-order valence-electron chi connectivity index (χ0n) is 7.08. The van der Waals surface area contributed by atoms with E-state index in [-0.39, 0.29) is 0 Å². The molecule has 0 saturated carbocycles. The Morgan fingerprint density at radius 3 is 2.57 bits per heavy atom. The second-order valence-corrected chi connectivity index (χ2v) is 4.65. The molecule has 1 aromatic carbocycles. The molecule has 4 heteroatoms. The van der Waals surface area contributed by atoms with E-state index < -0.39 is 4.84 Å². The third kappa shape index (κ3) is 2.08. The average Bonchev–Trinajstić information content (AvgIpc) is 2.68. The fraction of sp³-hybridized carbons (Fsp3) is 0.100. The summed E-state index contributed by atoms with van der Waals surface area (Å²) in [4.78, 5) is 3.78.